The quantitative estimate of drug-likeness (QED) is 0.137. The van der Waals surface area contributed by atoms with Gasteiger partial charge in [-0.15, -0.1) is 0 Å². The summed E-state index contributed by atoms with van der Waals surface area (Å²) in [4.78, 5) is 0. The van der Waals surface area contributed by atoms with Crippen LogP contribution in [-0.2, 0) is 0 Å². The van der Waals surface area contributed by atoms with Gasteiger partial charge in [-0.25, -0.2) is 0 Å². The maximum absolute atomic E-state index is 8.94. The summed E-state index contributed by atoms with van der Waals surface area (Å²) in [6.45, 7) is 0. The first-order valence-corrected chi connectivity index (χ1v) is 26.3. The summed E-state index contributed by atoms with van der Waals surface area (Å²) >= 11 is 20.2. The van der Waals surface area contributed by atoms with Crippen molar-refractivity contribution in [2.75, 3.05) is 0 Å². The van der Waals surface area contributed by atoms with Crippen molar-refractivity contribution in [2.45, 2.75) is 14.9 Å². The molecule has 14 aromatic rings. The standard InChI is InChI=1S/C38H23Cl.C18H9Br2Cl.C10H9BO2.2CH4/c39-30-17-18-33-35(29-16-14-25-8-2-4-10-27(25)20-29)22-37-32-12-6-5-11-31(32)34(23-38(37)36(33)21-30)28-15-13-24-7-1-3-9-26(24)19-28;19-17-9-16-14-7-10(21)5-6-13(14)18(20)8-15(16)11-3-1-2-4-12(11)17;12-11(13)10-6-5-8-3-1-2-4-9(8)7-10;;/h1-23H;1-9H;1-7,12-13H;2*1H4. The summed E-state index contributed by atoms with van der Waals surface area (Å²) in [6.07, 6.45) is 0. The number of hydrogen-bond donors (Lipinski definition) is 2. The lowest BCUT2D eigenvalue weighted by Crippen LogP contribution is -2.29. The Morgan fingerprint density at radius 3 is 1.13 bits per heavy atom. The van der Waals surface area contributed by atoms with Crippen LogP contribution in [0.5, 0.6) is 0 Å². The molecule has 14 rings (SSSR count). The van der Waals surface area contributed by atoms with Crippen LogP contribution < -0.4 is 5.46 Å². The van der Waals surface area contributed by atoms with Gasteiger partial charge in [0.1, 0.15) is 0 Å². The third-order valence-corrected chi connectivity index (χ3v) is 15.7. The molecule has 0 aromatic heterocycles. The molecule has 2 nitrogen and oxygen atoms in total. The zero-order valence-corrected chi connectivity index (χ0v) is 43.7. The van der Waals surface area contributed by atoms with Crippen molar-refractivity contribution in [1.82, 2.24) is 0 Å². The topological polar surface area (TPSA) is 40.5 Å². The highest BCUT2D eigenvalue weighted by molar-refractivity contribution is 9.11. The van der Waals surface area contributed by atoms with E-state index < -0.39 is 7.12 Å². The molecular formula is C68H49BBr2Cl2O2. The van der Waals surface area contributed by atoms with E-state index in [1.54, 1.807) is 12.1 Å². The van der Waals surface area contributed by atoms with Crippen LogP contribution in [0.4, 0.5) is 0 Å². The molecule has 0 saturated carbocycles. The smallest absolute Gasteiger partial charge is 0.423 e. The van der Waals surface area contributed by atoms with Crippen LogP contribution in [0.2, 0.25) is 10.0 Å². The van der Waals surface area contributed by atoms with Gasteiger partial charge < -0.3 is 10.0 Å². The normalized spacial score (nSPS) is 11.1. The number of benzene rings is 14. The second-order valence-corrected chi connectivity index (χ2v) is 20.9. The Hall–Kier alpha value is -7.06. The van der Waals surface area contributed by atoms with E-state index >= 15 is 0 Å². The Kier molecular flexibility index (Phi) is 14.9. The van der Waals surface area contributed by atoms with Crippen molar-refractivity contribution in [2.24, 2.45) is 0 Å². The molecular weight excluding hydrogens is 1090 g/mol. The minimum atomic E-state index is -1.38. The molecule has 7 heteroatoms. The fourth-order valence-electron chi connectivity index (χ4n) is 10.4. The van der Waals surface area contributed by atoms with Gasteiger partial charge in [0.05, 0.1) is 0 Å². The summed E-state index contributed by atoms with van der Waals surface area (Å²) in [5.74, 6) is 0. The molecule has 0 bridgehead atoms. The zero-order chi connectivity index (χ0) is 49.7. The molecule has 0 saturated heterocycles. The van der Waals surface area contributed by atoms with Crippen molar-refractivity contribution >= 4 is 165 Å². The van der Waals surface area contributed by atoms with Crippen LogP contribution in [0.1, 0.15) is 14.9 Å². The Labute approximate surface area is 463 Å². The number of hydrogen-bond acceptors (Lipinski definition) is 2. The Morgan fingerprint density at radius 2 is 0.613 bits per heavy atom. The number of halogens is 4. The lowest BCUT2D eigenvalue weighted by Gasteiger charge is -2.17. The highest BCUT2D eigenvalue weighted by Gasteiger charge is 2.17. The highest BCUT2D eigenvalue weighted by Crippen LogP contribution is 2.44. The average Bonchev–Trinajstić information content (AvgIpc) is 3.44. The second kappa shape index (κ2) is 21.7. The van der Waals surface area contributed by atoms with Crippen molar-refractivity contribution in [1.29, 1.82) is 0 Å². The lowest BCUT2D eigenvalue weighted by molar-refractivity contribution is 0.426. The van der Waals surface area contributed by atoms with Gasteiger partial charge in [0.25, 0.3) is 0 Å². The summed E-state index contributed by atoms with van der Waals surface area (Å²) < 4.78 is 2.20. The number of fused-ring (bicyclic) bond motifs is 13. The zero-order valence-electron chi connectivity index (χ0n) is 39.0. The maximum atomic E-state index is 8.94. The molecule has 0 amide bonds. The molecule has 0 fully saturated rings. The summed E-state index contributed by atoms with van der Waals surface area (Å²) in [7, 11) is -1.38. The van der Waals surface area contributed by atoms with E-state index in [4.69, 9.17) is 33.2 Å². The Bertz CT molecular complexity index is 4500. The van der Waals surface area contributed by atoms with Gasteiger partial charge in [0, 0.05) is 19.0 Å². The van der Waals surface area contributed by atoms with E-state index in [9.17, 15) is 0 Å². The van der Waals surface area contributed by atoms with Gasteiger partial charge in [0.15, 0.2) is 0 Å². The Balaban J connectivity index is 0.000000149. The van der Waals surface area contributed by atoms with Crippen LogP contribution in [0.15, 0.2) is 246 Å². The predicted molar refractivity (Wildman–Crippen MR) is 336 cm³/mol. The molecule has 0 aliphatic carbocycles. The molecule has 0 heterocycles. The van der Waals surface area contributed by atoms with E-state index in [0.717, 1.165) is 29.8 Å². The molecule has 14 aromatic carbocycles. The molecule has 0 unspecified atom stereocenters. The second-order valence-electron chi connectivity index (χ2n) is 18.3. The van der Waals surface area contributed by atoms with E-state index in [1.807, 2.05) is 48.5 Å². The monoisotopic (exact) mass is 1140 g/mol. The third-order valence-electron chi connectivity index (χ3n) is 14.0. The Morgan fingerprint density at radius 1 is 0.280 bits per heavy atom. The molecule has 0 spiro atoms. The van der Waals surface area contributed by atoms with Crippen molar-refractivity contribution < 1.29 is 10.0 Å². The van der Waals surface area contributed by atoms with E-state index in [-0.39, 0.29) is 14.9 Å². The van der Waals surface area contributed by atoms with Gasteiger partial charge in [-0.3, -0.25) is 0 Å². The first-order chi connectivity index (χ1) is 35.6. The van der Waals surface area contributed by atoms with E-state index in [2.05, 4.69) is 208 Å². The largest absolute Gasteiger partial charge is 0.488 e. The van der Waals surface area contributed by atoms with Gasteiger partial charge in [-0.05, 0) is 185 Å². The summed E-state index contributed by atoms with van der Waals surface area (Å²) in [5, 5.41) is 41.1. The van der Waals surface area contributed by atoms with Gasteiger partial charge in [-0.1, -0.05) is 246 Å². The van der Waals surface area contributed by atoms with Crippen molar-refractivity contribution in [3.8, 4) is 22.3 Å². The first kappa shape index (κ1) is 51.4. The van der Waals surface area contributed by atoms with E-state index in [0.29, 0.717) is 5.46 Å². The van der Waals surface area contributed by atoms with Crippen molar-refractivity contribution in [3.05, 3.63) is 256 Å². The van der Waals surface area contributed by atoms with Crippen LogP contribution in [0.25, 0.3) is 119 Å². The van der Waals surface area contributed by atoms with Crippen LogP contribution in [0, 0.1) is 0 Å². The van der Waals surface area contributed by atoms with Crippen LogP contribution in [-0.4, -0.2) is 17.2 Å². The van der Waals surface area contributed by atoms with Crippen LogP contribution >= 0.6 is 55.1 Å². The van der Waals surface area contributed by atoms with E-state index in [1.165, 1.54) is 108 Å². The van der Waals surface area contributed by atoms with Crippen molar-refractivity contribution in [3.63, 3.8) is 0 Å². The fraction of sp³-hybridized carbons (Fsp3) is 0.0294. The molecule has 0 aliphatic rings. The SMILES string of the molecule is C.C.Clc1ccc2c(-c3ccc4ccccc4c3)cc3c4ccccc4c(-c4ccc5ccccc5c4)cc3c2c1.Clc1ccc2c(Br)cc3c4ccccc4c(Br)cc3c2c1.OB(O)c1ccc2ccccc2c1. The van der Waals surface area contributed by atoms with Gasteiger partial charge >= 0.3 is 7.12 Å². The first-order valence-electron chi connectivity index (χ1n) is 23.9. The summed E-state index contributed by atoms with van der Waals surface area (Å²) in [5.41, 5.74) is 5.43. The maximum Gasteiger partial charge on any atom is 0.488 e. The predicted octanol–water partition coefficient (Wildman–Crippen LogP) is 20.6. The molecule has 364 valence electrons. The minimum absolute atomic E-state index is 0. The summed E-state index contributed by atoms with van der Waals surface area (Å²) in [6, 6.07) is 82.5. The fourth-order valence-corrected chi connectivity index (χ4v) is 11.9. The average molecular weight is 1140 g/mol. The molecule has 0 aliphatic heterocycles. The highest BCUT2D eigenvalue weighted by atomic mass is 79.9. The molecule has 75 heavy (non-hydrogen) atoms. The van der Waals surface area contributed by atoms with Gasteiger partial charge in [0.2, 0.25) is 0 Å². The van der Waals surface area contributed by atoms with Gasteiger partial charge in [-0.2, -0.15) is 0 Å². The lowest BCUT2D eigenvalue weighted by atomic mass is 9.79. The molecule has 0 radical (unpaired) electrons. The molecule has 0 atom stereocenters. The minimum Gasteiger partial charge on any atom is -0.423 e. The number of rotatable bonds is 3. The van der Waals surface area contributed by atoms with Crippen LogP contribution in [0.3, 0.4) is 0 Å². The third kappa shape index (κ3) is 9.89. The molecule has 2 N–H and O–H groups in total.